The number of benzene rings is 2. The second-order valence-electron chi connectivity index (χ2n) is 9.49. The molecule has 0 spiro atoms. The highest BCUT2D eigenvalue weighted by Crippen LogP contribution is 2.21. The molecule has 12 nitrogen and oxygen atoms in total. The van der Waals surface area contributed by atoms with Crippen LogP contribution in [0, 0.1) is 5.82 Å². The zero-order valence-electron chi connectivity index (χ0n) is 22.3. The number of carbonyl (C=O) groups is 4. The number of likely N-dealkylation sites (tertiary alicyclic amines) is 1. The SMILES string of the molecule is CC(C)n1nc(C(=O)NCCN2CCC(NC(=O)Nc3ccc(F)cc3)CC2)c2ccccc21.O=C(O)C(=O)O. The number of urea groups is 1. The van der Waals surface area contributed by atoms with E-state index in [-0.39, 0.29) is 29.8 Å². The van der Waals surface area contributed by atoms with Crippen LogP contribution in [0.4, 0.5) is 14.9 Å². The van der Waals surface area contributed by atoms with Gasteiger partial charge in [-0.2, -0.15) is 5.10 Å². The van der Waals surface area contributed by atoms with E-state index in [1.807, 2.05) is 42.8 Å². The highest BCUT2D eigenvalue weighted by Gasteiger charge is 2.22. The van der Waals surface area contributed by atoms with Gasteiger partial charge in [0.1, 0.15) is 5.82 Å². The third-order valence-corrected chi connectivity index (χ3v) is 6.24. The van der Waals surface area contributed by atoms with Gasteiger partial charge in [-0.3, -0.25) is 9.48 Å². The number of carboxylic acids is 2. The number of amides is 3. The number of carboxylic acid groups (broad SMARTS) is 2. The summed E-state index contributed by atoms with van der Waals surface area (Å²) in [6.45, 7) is 7.04. The summed E-state index contributed by atoms with van der Waals surface area (Å²) in [5.41, 5.74) is 1.97. The first kappa shape index (κ1) is 30.0. The van der Waals surface area contributed by atoms with E-state index in [9.17, 15) is 14.0 Å². The summed E-state index contributed by atoms with van der Waals surface area (Å²) < 4.78 is 14.9. The number of para-hydroxylation sites is 1. The normalized spacial score (nSPS) is 13.8. The molecule has 3 amide bonds. The monoisotopic (exact) mass is 556 g/mol. The molecule has 3 aromatic rings. The molecule has 214 valence electrons. The summed E-state index contributed by atoms with van der Waals surface area (Å²) in [5, 5.41) is 28.9. The fourth-order valence-electron chi connectivity index (χ4n) is 4.25. The Bertz CT molecular complexity index is 1320. The van der Waals surface area contributed by atoms with Gasteiger partial charge < -0.3 is 31.1 Å². The van der Waals surface area contributed by atoms with Crippen molar-refractivity contribution in [2.24, 2.45) is 0 Å². The minimum Gasteiger partial charge on any atom is -0.473 e. The van der Waals surface area contributed by atoms with Crippen LogP contribution < -0.4 is 16.0 Å². The Labute approximate surface area is 230 Å². The number of piperidine rings is 1. The van der Waals surface area contributed by atoms with E-state index in [0.29, 0.717) is 17.9 Å². The van der Waals surface area contributed by atoms with Crippen molar-refractivity contribution in [2.45, 2.75) is 38.8 Å². The van der Waals surface area contributed by atoms with Crippen LogP contribution in [0.2, 0.25) is 0 Å². The summed E-state index contributed by atoms with van der Waals surface area (Å²) in [6, 6.07) is 13.4. The van der Waals surface area contributed by atoms with Gasteiger partial charge >= 0.3 is 18.0 Å². The van der Waals surface area contributed by atoms with Crippen LogP contribution >= 0.6 is 0 Å². The van der Waals surface area contributed by atoms with Crippen molar-refractivity contribution in [2.75, 3.05) is 31.5 Å². The molecule has 2 heterocycles. The number of fused-ring (bicyclic) bond motifs is 1. The zero-order valence-corrected chi connectivity index (χ0v) is 22.3. The first-order valence-electron chi connectivity index (χ1n) is 12.8. The minimum atomic E-state index is -1.82. The minimum absolute atomic E-state index is 0.0812. The number of nitrogens with one attached hydrogen (secondary N) is 3. The van der Waals surface area contributed by atoms with Crippen molar-refractivity contribution < 1.29 is 33.8 Å². The lowest BCUT2D eigenvalue weighted by Gasteiger charge is -2.32. The van der Waals surface area contributed by atoms with Crippen molar-refractivity contribution in [3.05, 3.63) is 60.0 Å². The molecule has 1 aromatic heterocycles. The predicted molar refractivity (Wildman–Crippen MR) is 146 cm³/mol. The molecule has 1 aliphatic heterocycles. The van der Waals surface area contributed by atoms with Gasteiger partial charge in [0.2, 0.25) is 0 Å². The summed E-state index contributed by atoms with van der Waals surface area (Å²) in [4.78, 5) is 45.5. The lowest BCUT2D eigenvalue weighted by molar-refractivity contribution is -0.159. The number of halogens is 1. The third-order valence-electron chi connectivity index (χ3n) is 6.24. The quantitative estimate of drug-likeness (QED) is 0.277. The van der Waals surface area contributed by atoms with Gasteiger partial charge in [0.15, 0.2) is 5.69 Å². The Morgan fingerprint density at radius 3 is 2.23 bits per heavy atom. The summed E-state index contributed by atoms with van der Waals surface area (Å²) in [7, 11) is 0. The summed E-state index contributed by atoms with van der Waals surface area (Å²) in [5.74, 6) is -4.15. The van der Waals surface area contributed by atoms with E-state index in [2.05, 4.69) is 25.9 Å². The van der Waals surface area contributed by atoms with Gasteiger partial charge in [0, 0.05) is 49.3 Å². The van der Waals surface area contributed by atoms with E-state index >= 15 is 0 Å². The molecule has 1 saturated heterocycles. The number of aromatic nitrogens is 2. The Kier molecular flexibility index (Phi) is 10.5. The average molecular weight is 557 g/mol. The Balaban J connectivity index is 0.000000663. The molecule has 40 heavy (non-hydrogen) atoms. The van der Waals surface area contributed by atoms with Crippen molar-refractivity contribution in [1.82, 2.24) is 25.3 Å². The van der Waals surface area contributed by atoms with Gasteiger partial charge in [-0.05, 0) is 57.0 Å². The number of rotatable bonds is 7. The van der Waals surface area contributed by atoms with Gasteiger partial charge in [-0.25, -0.2) is 18.8 Å². The topological polar surface area (TPSA) is 166 Å². The van der Waals surface area contributed by atoms with Crippen molar-refractivity contribution >= 4 is 40.5 Å². The van der Waals surface area contributed by atoms with E-state index in [1.54, 1.807) is 0 Å². The molecule has 1 fully saturated rings. The van der Waals surface area contributed by atoms with Gasteiger partial charge in [-0.1, -0.05) is 18.2 Å². The second-order valence-corrected chi connectivity index (χ2v) is 9.49. The van der Waals surface area contributed by atoms with Crippen LogP contribution in [-0.4, -0.2) is 81.0 Å². The van der Waals surface area contributed by atoms with Crippen molar-refractivity contribution in [1.29, 1.82) is 0 Å². The van der Waals surface area contributed by atoms with Gasteiger partial charge in [0.05, 0.1) is 5.52 Å². The highest BCUT2D eigenvalue weighted by atomic mass is 19.1. The molecular weight excluding hydrogens is 523 g/mol. The Morgan fingerprint density at radius 1 is 1.00 bits per heavy atom. The number of hydrogen-bond donors (Lipinski definition) is 5. The van der Waals surface area contributed by atoms with Crippen molar-refractivity contribution in [3.63, 3.8) is 0 Å². The molecule has 5 N–H and O–H groups in total. The lowest BCUT2D eigenvalue weighted by Crippen LogP contribution is -2.47. The van der Waals surface area contributed by atoms with E-state index in [1.165, 1.54) is 24.3 Å². The molecule has 1 aliphatic rings. The average Bonchev–Trinajstić information content (AvgIpc) is 3.31. The second kappa shape index (κ2) is 14.0. The van der Waals surface area contributed by atoms with E-state index in [0.717, 1.165) is 43.4 Å². The molecule has 0 radical (unpaired) electrons. The first-order chi connectivity index (χ1) is 19.0. The molecule has 13 heteroatoms. The number of hydrogen-bond acceptors (Lipinski definition) is 6. The highest BCUT2D eigenvalue weighted by molar-refractivity contribution is 6.27. The molecule has 0 aliphatic carbocycles. The fourth-order valence-corrected chi connectivity index (χ4v) is 4.25. The molecule has 0 saturated carbocycles. The summed E-state index contributed by atoms with van der Waals surface area (Å²) >= 11 is 0. The van der Waals surface area contributed by atoms with Crippen LogP contribution in [0.5, 0.6) is 0 Å². The Hall–Kier alpha value is -4.52. The van der Waals surface area contributed by atoms with E-state index < -0.39 is 11.9 Å². The van der Waals surface area contributed by atoms with Crippen LogP contribution in [0.3, 0.4) is 0 Å². The zero-order chi connectivity index (χ0) is 29.2. The maximum absolute atomic E-state index is 13.0. The number of aliphatic carboxylic acids is 2. The molecule has 0 bridgehead atoms. The van der Waals surface area contributed by atoms with Gasteiger partial charge in [-0.15, -0.1) is 0 Å². The molecule has 0 atom stereocenters. The van der Waals surface area contributed by atoms with E-state index in [4.69, 9.17) is 19.8 Å². The summed E-state index contributed by atoms with van der Waals surface area (Å²) in [6.07, 6.45) is 1.66. The maximum Gasteiger partial charge on any atom is 0.414 e. The third kappa shape index (κ3) is 8.50. The van der Waals surface area contributed by atoms with Crippen LogP contribution in [0.25, 0.3) is 10.9 Å². The molecule has 0 unspecified atom stereocenters. The number of anilines is 1. The van der Waals surface area contributed by atoms with Crippen LogP contribution in [-0.2, 0) is 9.59 Å². The molecule has 2 aromatic carbocycles. The number of nitrogens with zero attached hydrogens (tertiary/aromatic N) is 3. The molecular formula is C27H33FN6O6. The fraction of sp³-hybridized carbons (Fsp3) is 0.370. The maximum atomic E-state index is 13.0. The van der Waals surface area contributed by atoms with Crippen LogP contribution in [0.15, 0.2) is 48.5 Å². The first-order valence-corrected chi connectivity index (χ1v) is 12.8. The van der Waals surface area contributed by atoms with Gasteiger partial charge in [0.25, 0.3) is 5.91 Å². The smallest absolute Gasteiger partial charge is 0.414 e. The largest absolute Gasteiger partial charge is 0.473 e. The molecule has 4 rings (SSSR count). The predicted octanol–water partition coefficient (Wildman–Crippen LogP) is 2.93. The Morgan fingerprint density at radius 2 is 1.62 bits per heavy atom. The van der Waals surface area contributed by atoms with Crippen LogP contribution in [0.1, 0.15) is 43.2 Å². The lowest BCUT2D eigenvalue weighted by atomic mass is 10.1. The van der Waals surface area contributed by atoms with Crippen molar-refractivity contribution in [3.8, 4) is 0 Å². The standard InChI is InChI=1S/C25H31FN6O2.C2H2O4/c1-17(2)32-22-6-4-3-5-21(22)23(30-32)24(33)27-13-16-31-14-11-20(12-15-31)29-25(34)28-19-9-7-18(26)8-10-19;3-1(4)2(5)6/h3-10,17,20H,11-16H2,1-2H3,(H,27,33)(H2,28,29,34);(H,3,4)(H,5,6). The number of carbonyl (C=O) groups excluding carboxylic acids is 2.